The molecule has 0 aromatic heterocycles. The number of carbonyl (C=O) groups excluding carboxylic acids is 1. The molecule has 0 heterocycles. The van der Waals surface area contributed by atoms with E-state index in [0.29, 0.717) is 11.5 Å². The van der Waals surface area contributed by atoms with Gasteiger partial charge in [-0.25, -0.2) is 8.42 Å². The highest BCUT2D eigenvalue weighted by Gasteiger charge is 2.30. The quantitative estimate of drug-likeness (QED) is 0.692. The van der Waals surface area contributed by atoms with Gasteiger partial charge in [-0.2, -0.15) is 4.31 Å². The highest BCUT2D eigenvalue weighted by molar-refractivity contribution is 7.89. The van der Waals surface area contributed by atoms with Crippen LogP contribution in [0.25, 0.3) is 0 Å². The van der Waals surface area contributed by atoms with Gasteiger partial charge in [0.25, 0.3) is 0 Å². The Morgan fingerprint density at radius 1 is 1.07 bits per heavy atom. The molecule has 1 amide bonds. The molecule has 2 aromatic rings. The second-order valence-electron chi connectivity index (χ2n) is 6.62. The molecule has 0 radical (unpaired) electrons. The third kappa shape index (κ3) is 4.82. The number of ether oxygens (including phenoxy) is 2. The summed E-state index contributed by atoms with van der Waals surface area (Å²) in [7, 11) is -1.00. The molecule has 0 saturated heterocycles. The lowest BCUT2D eigenvalue weighted by atomic mass is 10.2. The zero-order valence-electron chi connectivity index (χ0n) is 15.9. The van der Waals surface area contributed by atoms with Crippen LogP contribution in [0.5, 0.6) is 11.5 Å². The van der Waals surface area contributed by atoms with Gasteiger partial charge in [-0.3, -0.25) is 4.79 Å². The first-order valence-electron chi connectivity index (χ1n) is 8.99. The lowest BCUT2D eigenvalue weighted by Gasteiger charge is -2.22. The van der Waals surface area contributed by atoms with Crippen molar-refractivity contribution >= 4 is 15.9 Å². The second-order valence-corrected chi connectivity index (χ2v) is 8.56. The number of carbonyl (C=O) groups is 1. The molecule has 1 aliphatic rings. The number of sulfonamides is 1. The minimum absolute atomic E-state index is 0.0419. The fraction of sp³-hybridized carbons (Fsp3) is 0.350. The topological polar surface area (TPSA) is 84.9 Å². The van der Waals surface area contributed by atoms with Gasteiger partial charge in [0.1, 0.15) is 0 Å². The first kappa shape index (κ1) is 20.2. The fourth-order valence-corrected chi connectivity index (χ4v) is 4.20. The van der Waals surface area contributed by atoms with Crippen molar-refractivity contribution in [2.75, 3.05) is 20.8 Å². The molecular formula is C20H24N2O5S. The van der Waals surface area contributed by atoms with Crippen molar-refractivity contribution in [2.24, 2.45) is 0 Å². The summed E-state index contributed by atoms with van der Waals surface area (Å²) in [6.45, 7) is -0.155. The molecule has 8 heteroatoms. The summed E-state index contributed by atoms with van der Waals surface area (Å²) in [5, 5.41) is 2.84. The van der Waals surface area contributed by atoms with Crippen LogP contribution in [-0.2, 0) is 21.4 Å². The van der Waals surface area contributed by atoms with E-state index in [9.17, 15) is 13.2 Å². The molecule has 0 aliphatic heterocycles. The summed E-state index contributed by atoms with van der Waals surface area (Å²) < 4.78 is 38.2. The molecule has 0 spiro atoms. The summed E-state index contributed by atoms with van der Waals surface area (Å²) in [5.74, 6) is 0.440. The molecule has 150 valence electrons. The van der Waals surface area contributed by atoms with Crippen LogP contribution in [0.15, 0.2) is 53.4 Å². The van der Waals surface area contributed by atoms with Crippen LogP contribution in [-0.4, -0.2) is 45.4 Å². The number of amides is 1. The Hall–Kier alpha value is -2.58. The first-order chi connectivity index (χ1) is 13.4. The molecule has 0 bridgehead atoms. The predicted octanol–water partition coefficient (Wildman–Crippen LogP) is 2.17. The Labute approximate surface area is 165 Å². The van der Waals surface area contributed by atoms with Gasteiger partial charge in [-0.05, 0) is 30.5 Å². The SMILES string of the molecule is COc1ccc(S(=O)(=O)N(CC(=O)NC2CC2)Cc2ccccc2)cc1OC. The van der Waals surface area contributed by atoms with Crippen molar-refractivity contribution in [3.05, 3.63) is 54.1 Å². The van der Waals surface area contributed by atoms with Gasteiger partial charge in [0, 0.05) is 18.7 Å². The molecule has 1 N–H and O–H groups in total. The average Bonchev–Trinajstić information content (AvgIpc) is 3.51. The van der Waals surface area contributed by atoms with Crippen LogP contribution in [0.2, 0.25) is 0 Å². The van der Waals surface area contributed by atoms with Gasteiger partial charge in [-0.15, -0.1) is 0 Å². The van der Waals surface area contributed by atoms with E-state index in [4.69, 9.17) is 9.47 Å². The molecule has 28 heavy (non-hydrogen) atoms. The standard InChI is InChI=1S/C20H24N2O5S/c1-26-18-11-10-17(12-19(18)27-2)28(24,25)22(13-15-6-4-3-5-7-15)14-20(23)21-16-8-9-16/h3-7,10-12,16H,8-9,13-14H2,1-2H3,(H,21,23). The van der Waals surface area contributed by atoms with Crippen LogP contribution in [0.1, 0.15) is 18.4 Å². The smallest absolute Gasteiger partial charge is 0.243 e. The maximum Gasteiger partial charge on any atom is 0.243 e. The van der Waals surface area contributed by atoms with Gasteiger partial charge in [-0.1, -0.05) is 30.3 Å². The number of nitrogens with one attached hydrogen (secondary N) is 1. The third-order valence-electron chi connectivity index (χ3n) is 4.46. The van der Waals surface area contributed by atoms with Crippen LogP contribution in [0.3, 0.4) is 0 Å². The van der Waals surface area contributed by atoms with E-state index >= 15 is 0 Å². The van der Waals surface area contributed by atoms with E-state index in [-0.39, 0.29) is 29.9 Å². The Balaban J connectivity index is 1.91. The van der Waals surface area contributed by atoms with E-state index in [1.54, 1.807) is 0 Å². The van der Waals surface area contributed by atoms with Gasteiger partial charge < -0.3 is 14.8 Å². The number of rotatable bonds is 9. The molecule has 1 saturated carbocycles. The monoisotopic (exact) mass is 404 g/mol. The molecule has 1 fully saturated rings. The van der Waals surface area contributed by atoms with Crippen LogP contribution in [0.4, 0.5) is 0 Å². The number of benzene rings is 2. The number of hydrogen-bond donors (Lipinski definition) is 1. The number of nitrogens with zero attached hydrogens (tertiary/aromatic N) is 1. The summed E-state index contributed by atoms with van der Waals surface area (Å²) in [6.07, 6.45) is 1.87. The molecule has 2 aromatic carbocycles. The van der Waals surface area contributed by atoms with Crippen LogP contribution >= 0.6 is 0 Å². The minimum Gasteiger partial charge on any atom is -0.493 e. The first-order valence-corrected chi connectivity index (χ1v) is 10.4. The maximum atomic E-state index is 13.3. The van der Waals surface area contributed by atoms with Gasteiger partial charge in [0.15, 0.2) is 11.5 Å². The third-order valence-corrected chi connectivity index (χ3v) is 6.24. The van der Waals surface area contributed by atoms with Crippen molar-refractivity contribution < 1.29 is 22.7 Å². The lowest BCUT2D eigenvalue weighted by Crippen LogP contribution is -2.41. The number of methoxy groups -OCH3 is 2. The molecule has 1 aliphatic carbocycles. The van der Waals surface area contributed by atoms with E-state index in [2.05, 4.69) is 5.32 Å². The van der Waals surface area contributed by atoms with E-state index in [1.807, 2.05) is 30.3 Å². The number of hydrogen-bond acceptors (Lipinski definition) is 5. The van der Waals surface area contributed by atoms with Gasteiger partial charge >= 0.3 is 0 Å². The minimum atomic E-state index is -3.93. The average molecular weight is 404 g/mol. The van der Waals surface area contributed by atoms with Crippen LogP contribution in [0, 0.1) is 0 Å². The highest BCUT2D eigenvalue weighted by atomic mass is 32.2. The molecule has 0 unspecified atom stereocenters. The highest BCUT2D eigenvalue weighted by Crippen LogP contribution is 2.31. The van der Waals surface area contributed by atoms with E-state index < -0.39 is 10.0 Å². The second kappa shape index (κ2) is 8.62. The fourth-order valence-electron chi connectivity index (χ4n) is 2.80. The van der Waals surface area contributed by atoms with Crippen molar-refractivity contribution in [2.45, 2.75) is 30.3 Å². The normalized spacial score (nSPS) is 14.0. The molecule has 0 atom stereocenters. The Morgan fingerprint density at radius 2 is 1.75 bits per heavy atom. The predicted molar refractivity (Wildman–Crippen MR) is 105 cm³/mol. The van der Waals surface area contributed by atoms with Crippen molar-refractivity contribution in [1.82, 2.24) is 9.62 Å². The summed E-state index contributed by atoms with van der Waals surface area (Å²) in [4.78, 5) is 12.4. The van der Waals surface area contributed by atoms with Gasteiger partial charge in [0.2, 0.25) is 15.9 Å². The van der Waals surface area contributed by atoms with E-state index in [1.165, 1.54) is 36.7 Å². The van der Waals surface area contributed by atoms with Gasteiger partial charge in [0.05, 0.1) is 25.7 Å². The Kier molecular flexibility index (Phi) is 6.21. The Morgan fingerprint density at radius 3 is 2.36 bits per heavy atom. The van der Waals surface area contributed by atoms with Crippen molar-refractivity contribution in [3.63, 3.8) is 0 Å². The maximum absolute atomic E-state index is 13.3. The molecular weight excluding hydrogens is 380 g/mol. The van der Waals surface area contributed by atoms with Crippen molar-refractivity contribution in [1.29, 1.82) is 0 Å². The summed E-state index contributed by atoms with van der Waals surface area (Å²) >= 11 is 0. The Bertz CT molecular complexity index is 927. The lowest BCUT2D eigenvalue weighted by molar-refractivity contribution is -0.121. The summed E-state index contributed by atoms with van der Waals surface area (Å²) in [6, 6.07) is 13.7. The molecule has 3 rings (SSSR count). The zero-order chi connectivity index (χ0) is 20.1. The van der Waals surface area contributed by atoms with Crippen LogP contribution < -0.4 is 14.8 Å². The largest absolute Gasteiger partial charge is 0.493 e. The van der Waals surface area contributed by atoms with Crippen molar-refractivity contribution in [3.8, 4) is 11.5 Å². The van der Waals surface area contributed by atoms with E-state index in [0.717, 1.165) is 18.4 Å². The molecule has 7 nitrogen and oxygen atoms in total. The summed E-state index contributed by atoms with van der Waals surface area (Å²) in [5.41, 5.74) is 0.797. The zero-order valence-corrected chi connectivity index (χ0v) is 16.7.